The predicted molar refractivity (Wildman–Crippen MR) is 68.2 cm³/mol. The molecule has 1 amide bonds. The van der Waals surface area contributed by atoms with Crippen LogP contribution in [0.1, 0.15) is 20.8 Å². The summed E-state index contributed by atoms with van der Waals surface area (Å²) in [5, 5.41) is 2.56. The lowest BCUT2D eigenvalue weighted by Crippen LogP contribution is -2.48. The zero-order valence-corrected chi connectivity index (χ0v) is 11.9. The Kier molecular flexibility index (Phi) is 8.32. The summed E-state index contributed by atoms with van der Waals surface area (Å²) in [7, 11) is 3.17. The molecule has 6 nitrogen and oxygen atoms in total. The summed E-state index contributed by atoms with van der Waals surface area (Å²) >= 11 is 0. The average Bonchev–Trinajstić information content (AvgIpc) is 2.25. The topological polar surface area (TPSA) is 67.9 Å². The highest BCUT2D eigenvalue weighted by molar-refractivity contribution is 5.83. The minimum atomic E-state index is -0.642. The van der Waals surface area contributed by atoms with Gasteiger partial charge in [0, 0.05) is 20.0 Å². The number of esters is 1. The standard InChI is InChI=1S/C12H24N2O4/c1-9(2)18-7-6-14(4)8-11(12(16)17-5)13-10(3)15/h9,11H,6-8H2,1-5H3,(H,13,15). The van der Waals surface area contributed by atoms with Gasteiger partial charge < -0.3 is 19.7 Å². The largest absolute Gasteiger partial charge is 0.467 e. The van der Waals surface area contributed by atoms with Crippen LogP contribution in [0.15, 0.2) is 0 Å². The van der Waals surface area contributed by atoms with E-state index in [9.17, 15) is 9.59 Å². The van der Waals surface area contributed by atoms with Crippen molar-refractivity contribution >= 4 is 11.9 Å². The Morgan fingerprint density at radius 3 is 2.39 bits per heavy atom. The molecular formula is C12H24N2O4. The number of hydrogen-bond acceptors (Lipinski definition) is 5. The molecule has 106 valence electrons. The zero-order valence-electron chi connectivity index (χ0n) is 11.9. The average molecular weight is 260 g/mol. The van der Waals surface area contributed by atoms with Crippen molar-refractivity contribution in [2.75, 3.05) is 33.9 Å². The van der Waals surface area contributed by atoms with E-state index in [4.69, 9.17) is 4.74 Å². The second-order valence-electron chi connectivity index (χ2n) is 4.46. The summed E-state index contributed by atoms with van der Waals surface area (Å²) in [6.45, 7) is 6.97. The molecule has 1 N–H and O–H groups in total. The molecule has 18 heavy (non-hydrogen) atoms. The van der Waals surface area contributed by atoms with Gasteiger partial charge in [-0.1, -0.05) is 0 Å². The van der Waals surface area contributed by atoms with Crippen LogP contribution in [0.2, 0.25) is 0 Å². The van der Waals surface area contributed by atoms with Crippen LogP contribution in [-0.2, 0) is 19.1 Å². The van der Waals surface area contributed by atoms with Crippen molar-refractivity contribution in [3.8, 4) is 0 Å². The molecule has 0 aromatic rings. The third-order valence-corrected chi connectivity index (χ3v) is 2.28. The first kappa shape index (κ1) is 16.9. The fraction of sp³-hybridized carbons (Fsp3) is 0.833. The van der Waals surface area contributed by atoms with E-state index in [0.29, 0.717) is 19.7 Å². The first-order valence-electron chi connectivity index (χ1n) is 6.01. The van der Waals surface area contributed by atoms with Crippen molar-refractivity contribution in [1.29, 1.82) is 0 Å². The van der Waals surface area contributed by atoms with Crippen molar-refractivity contribution in [3.05, 3.63) is 0 Å². The number of carbonyl (C=O) groups excluding carboxylic acids is 2. The van der Waals surface area contributed by atoms with Crippen LogP contribution in [-0.4, -0.2) is 62.8 Å². The van der Waals surface area contributed by atoms with Crippen molar-refractivity contribution in [3.63, 3.8) is 0 Å². The van der Waals surface area contributed by atoms with Gasteiger partial charge in [0.15, 0.2) is 0 Å². The number of methoxy groups -OCH3 is 1. The van der Waals surface area contributed by atoms with Crippen molar-refractivity contribution in [2.24, 2.45) is 0 Å². The second kappa shape index (κ2) is 8.88. The second-order valence-corrected chi connectivity index (χ2v) is 4.46. The maximum absolute atomic E-state index is 11.5. The Morgan fingerprint density at radius 1 is 1.33 bits per heavy atom. The predicted octanol–water partition coefficient (Wildman–Crippen LogP) is 0.0209. The van der Waals surface area contributed by atoms with Crippen LogP contribution in [0.3, 0.4) is 0 Å². The van der Waals surface area contributed by atoms with E-state index in [1.807, 2.05) is 25.8 Å². The maximum atomic E-state index is 11.5. The number of carbonyl (C=O) groups is 2. The normalized spacial score (nSPS) is 12.6. The molecule has 0 aliphatic rings. The monoisotopic (exact) mass is 260 g/mol. The fourth-order valence-electron chi connectivity index (χ4n) is 1.41. The molecule has 0 aromatic carbocycles. The Hall–Kier alpha value is -1.14. The van der Waals surface area contributed by atoms with E-state index >= 15 is 0 Å². The highest BCUT2D eigenvalue weighted by Crippen LogP contribution is 1.95. The summed E-state index contributed by atoms with van der Waals surface area (Å²) in [5.41, 5.74) is 0. The van der Waals surface area contributed by atoms with Crippen LogP contribution in [0, 0.1) is 0 Å². The van der Waals surface area contributed by atoms with E-state index in [1.54, 1.807) is 0 Å². The lowest BCUT2D eigenvalue weighted by molar-refractivity contribution is -0.145. The first-order valence-corrected chi connectivity index (χ1v) is 6.01. The molecule has 0 fully saturated rings. The molecule has 1 unspecified atom stereocenters. The lowest BCUT2D eigenvalue weighted by Gasteiger charge is -2.23. The third-order valence-electron chi connectivity index (χ3n) is 2.28. The number of amides is 1. The van der Waals surface area contributed by atoms with Gasteiger partial charge in [0.25, 0.3) is 0 Å². The zero-order chi connectivity index (χ0) is 14.1. The molecule has 0 aliphatic heterocycles. The van der Waals surface area contributed by atoms with E-state index < -0.39 is 12.0 Å². The minimum Gasteiger partial charge on any atom is -0.467 e. The number of nitrogens with one attached hydrogen (secondary N) is 1. The highest BCUT2D eigenvalue weighted by Gasteiger charge is 2.21. The van der Waals surface area contributed by atoms with Crippen LogP contribution < -0.4 is 5.32 Å². The summed E-state index contributed by atoms with van der Waals surface area (Å²) in [6, 6.07) is -0.642. The Labute approximate surface area is 109 Å². The number of rotatable bonds is 8. The van der Waals surface area contributed by atoms with E-state index in [-0.39, 0.29) is 12.0 Å². The summed E-state index contributed by atoms with van der Waals surface area (Å²) < 4.78 is 10.1. The fourth-order valence-corrected chi connectivity index (χ4v) is 1.41. The van der Waals surface area contributed by atoms with E-state index in [1.165, 1.54) is 14.0 Å². The van der Waals surface area contributed by atoms with Crippen molar-refractivity contribution < 1.29 is 19.1 Å². The van der Waals surface area contributed by atoms with Crippen LogP contribution in [0.4, 0.5) is 0 Å². The number of nitrogens with zero attached hydrogens (tertiary/aromatic N) is 1. The molecular weight excluding hydrogens is 236 g/mol. The summed E-state index contributed by atoms with van der Waals surface area (Å²) in [4.78, 5) is 24.4. The van der Waals surface area contributed by atoms with Crippen molar-refractivity contribution in [1.82, 2.24) is 10.2 Å². The van der Waals surface area contributed by atoms with Gasteiger partial charge in [0.05, 0.1) is 19.8 Å². The number of hydrogen-bond donors (Lipinski definition) is 1. The molecule has 6 heteroatoms. The van der Waals surface area contributed by atoms with Gasteiger partial charge in [-0.05, 0) is 20.9 Å². The molecule has 0 heterocycles. The minimum absolute atomic E-state index is 0.185. The number of ether oxygens (including phenoxy) is 2. The third kappa shape index (κ3) is 8.03. The van der Waals surface area contributed by atoms with Gasteiger partial charge in [-0.15, -0.1) is 0 Å². The number of likely N-dealkylation sites (N-methyl/N-ethyl adjacent to an activating group) is 1. The molecule has 0 bridgehead atoms. The van der Waals surface area contributed by atoms with Crippen LogP contribution in [0.5, 0.6) is 0 Å². The van der Waals surface area contributed by atoms with Gasteiger partial charge in [0.1, 0.15) is 6.04 Å². The van der Waals surface area contributed by atoms with Crippen LogP contribution in [0.25, 0.3) is 0 Å². The van der Waals surface area contributed by atoms with Gasteiger partial charge in [-0.2, -0.15) is 0 Å². The van der Waals surface area contributed by atoms with Gasteiger partial charge >= 0.3 is 5.97 Å². The summed E-state index contributed by atoms with van der Waals surface area (Å²) in [6.07, 6.45) is 0.185. The summed E-state index contributed by atoms with van der Waals surface area (Å²) in [5.74, 6) is -0.695. The van der Waals surface area contributed by atoms with Crippen molar-refractivity contribution in [2.45, 2.75) is 32.9 Å². The molecule has 0 radical (unpaired) electrons. The first-order chi connectivity index (χ1) is 8.36. The molecule has 0 aliphatic carbocycles. The Balaban J connectivity index is 4.13. The molecule has 0 rings (SSSR count). The molecule has 0 saturated carbocycles. The molecule has 0 aromatic heterocycles. The van der Waals surface area contributed by atoms with Crippen LogP contribution >= 0.6 is 0 Å². The SMILES string of the molecule is COC(=O)C(CN(C)CCOC(C)C)NC(C)=O. The van der Waals surface area contributed by atoms with E-state index in [2.05, 4.69) is 10.1 Å². The highest BCUT2D eigenvalue weighted by atomic mass is 16.5. The quantitative estimate of drug-likeness (QED) is 0.623. The molecule has 0 saturated heterocycles. The molecule has 0 spiro atoms. The lowest BCUT2D eigenvalue weighted by atomic mass is 10.2. The van der Waals surface area contributed by atoms with E-state index in [0.717, 1.165) is 0 Å². The van der Waals surface area contributed by atoms with Gasteiger partial charge in [-0.3, -0.25) is 4.79 Å². The smallest absolute Gasteiger partial charge is 0.329 e. The molecule has 1 atom stereocenters. The van der Waals surface area contributed by atoms with Gasteiger partial charge in [-0.25, -0.2) is 4.79 Å². The Morgan fingerprint density at radius 2 is 1.94 bits per heavy atom. The Bertz CT molecular complexity index is 269. The maximum Gasteiger partial charge on any atom is 0.329 e. The van der Waals surface area contributed by atoms with Gasteiger partial charge in [0.2, 0.25) is 5.91 Å².